The molecule has 3 heteroatoms. The van der Waals surface area contributed by atoms with Crippen molar-refractivity contribution in [2.45, 2.75) is 33.1 Å². The van der Waals surface area contributed by atoms with Gasteiger partial charge in [0, 0.05) is 17.8 Å². The molecule has 2 rings (SSSR count). The van der Waals surface area contributed by atoms with Crippen LogP contribution in [-0.4, -0.2) is 10.8 Å². The van der Waals surface area contributed by atoms with Gasteiger partial charge in [-0.3, -0.25) is 4.79 Å². The molecule has 2 aromatic rings. The Bertz CT molecular complexity index is 576. The summed E-state index contributed by atoms with van der Waals surface area (Å²) >= 11 is 0. The van der Waals surface area contributed by atoms with E-state index in [1.54, 1.807) is 18.3 Å². The number of aromatic nitrogens is 1. The summed E-state index contributed by atoms with van der Waals surface area (Å²) in [6.07, 6.45) is 5.07. The van der Waals surface area contributed by atoms with Crippen LogP contribution in [0.3, 0.4) is 0 Å². The minimum Gasteiger partial charge on any atom is -0.439 e. The summed E-state index contributed by atoms with van der Waals surface area (Å²) in [7, 11) is 0. The standard InChI is InChI=1S/C17H19NO2/c1-3-4-5-14-6-8-16(9-7-14)20-17-12-15(13(2)19)10-11-18-17/h6-12H,3-5H2,1-2H3. The van der Waals surface area contributed by atoms with Crippen LogP contribution in [0.2, 0.25) is 0 Å². The Morgan fingerprint density at radius 1 is 1.20 bits per heavy atom. The Balaban J connectivity index is 2.06. The van der Waals surface area contributed by atoms with Gasteiger partial charge in [0.25, 0.3) is 0 Å². The topological polar surface area (TPSA) is 39.2 Å². The van der Waals surface area contributed by atoms with Gasteiger partial charge in [0.2, 0.25) is 5.88 Å². The van der Waals surface area contributed by atoms with Crippen LogP contribution in [0.4, 0.5) is 0 Å². The number of unbranched alkanes of at least 4 members (excludes halogenated alkanes) is 1. The molecule has 1 heterocycles. The zero-order valence-corrected chi connectivity index (χ0v) is 11.9. The summed E-state index contributed by atoms with van der Waals surface area (Å²) in [5.74, 6) is 1.18. The second-order valence-electron chi connectivity index (χ2n) is 4.79. The number of hydrogen-bond acceptors (Lipinski definition) is 3. The van der Waals surface area contributed by atoms with Crippen LogP contribution >= 0.6 is 0 Å². The molecule has 0 bridgehead atoms. The molecule has 0 saturated carbocycles. The molecule has 3 nitrogen and oxygen atoms in total. The molecule has 0 N–H and O–H groups in total. The van der Waals surface area contributed by atoms with Crippen LogP contribution in [0.1, 0.15) is 42.6 Å². The summed E-state index contributed by atoms with van der Waals surface area (Å²) in [5.41, 5.74) is 1.92. The molecule has 0 amide bonds. The number of ketones is 1. The van der Waals surface area contributed by atoms with Crippen LogP contribution in [0.15, 0.2) is 42.6 Å². The smallest absolute Gasteiger partial charge is 0.219 e. The minimum atomic E-state index is 0.00663. The van der Waals surface area contributed by atoms with Crippen LogP contribution in [0.5, 0.6) is 11.6 Å². The van der Waals surface area contributed by atoms with E-state index in [0.29, 0.717) is 11.4 Å². The molecule has 104 valence electrons. The van der Waals surface area contributed by atoms with Crippen molar-refractivity contribution in [2.75, 3.05) is 0 Å². The lowest BCUT2D eigenvalue weighted by Crippen LogP contribution is -1.95. The van der Waals surface area contributed by atoms with Gasteiger partial charge in [-0.05, 0) is 43.5 Å². The van der Waals surface area contributed by atoms with E-state index >= 15 is 0 Å². The number of aryl methyl sites for hydroxylation is 1. The van der Waals surface area contributed by atoms with Crippen LogP contribution in [-0.2, 0) is 6.42 Å². The SMILES string of the molecule is CCCCc1ccc(Oc2cc(C(C)=O)ccn2)cc1. The van der Waals surface area contributed by atoms with E-state index in [1.807, 2.05) is 12.1 Å². The van der Waals surface area contributed by atoms with E-state index in [9.17, 15) is 4.79 Å². The minimum absolute atomic E-state index is 0.00663. The van der Waals surface area contributed by atoms with Crippen molar-refractivity contribution in [2.24, 2.45) is 0 Å². The zero-order chi connectivity index (χ0) is 14.4. The molecular weight excluding hydrogens is 250 g/mol. The van der Waals surface area contributed by atoms with Crippen molar-refractivity contribution in [3.05, 3.63) is 53.7 Å². The zero-order valence-electron chi connectivity index (χ0n) is 11.9. The predicted octanol–water partition coefficient (Wildman–Crippen LogP) is 4.42. The fourth-order valence-corrected chi connectivity index (χ4v) is 1.91. The van der Waals surface area contributed by atoms with Gasteiger partial charge >= 0.3 is 0 Å². The van der Waals surface area contributed by atoms with E-state index in [1.165, 1.54) is 25.3 Å². The molecule has 20 heavy (non-hydrogen) atoms. The lowest BCUT2D eigenvalue weighted by atomic mass is 10.1. The summed E-state index contributed by atoms with van der Waals surface area (Å²) < 4.78 is 5.67. The van der Waals surface area contributed by atoms with E-state index in [0.717, 1.165) is 12.2 Å². The number of hydrogen-bond donors (Lipinski definition) is 0. The third-order valence-electron chi connectivity index (χ3n) is 3.11. The molecule has 0 unspecified atom stereocenters. The highest BCUT2D eigenvalue weighted by Gasteiger charge is 2.04. The van der Waals surface area contributed by atoms with Gasteiger partial charge in [-0.1, -0.05) is 25.5 Å². The van der Waals surface area contributed by atoms with E-state index in [4.69, 9.17) is 4.74 Å². The summed E-state index contributed by atoms with van der Waals surface area (Å²) in [5, 5.41) is 0. The van der Waals surface area contributed by atoms with E-state index in [2.05, 4.69) is 24.0 Å². The van der Waals surface area contributed by atoms with E-state index < -0.39 is 0 Å². The molecule has 0 aliphatic heterocycles. The largest absolute Gasteiger partial charge is 0.439 e. The average Bonchev–Trinajstić information content (AvgIpc) is 2.47. The Morgan fingerprint density at radius 3 is 2.60 bits per heavy atom. The molecule has 0 fully saturated rings. The first kappa shape index (κ1) is 14.3. The molecule has 0 aliphatic rings. The maximum atomic E-state index is 11.3. The maximum Gasteiger partial charge on any atom is 0.219 e. The number of ether oxygens (including phenoxy) is 1. The van der Waals surface area contributed by atoms with Crippen molar-refractivity contribution in [1.82, 2.24) is 4.98 Å². The normalized spacial score (nSPS) is 10.3. The molecule has 0 aliphatic carbocycles. The van der Waals surface area contributed by atoms with Crippen LogP contribution in [0, 0.1) is 0 Å². The van der Waals surface area contributed by atoms with Crippen molar-refractivity contribution >= 4 is 5.78 Å². The van der Waals surface area contributed by atoms with Gasteiger partial charge in [0.05, 0.1) is 0 Å². The van der Waals surface area contributed by atoms with Gasteiger partial charge in [-0.2, -0.15) is 0 Å². The lowest BCUT2D eigenvalue weighted by Gasteiger charge is -2.06. The first-order valence-electron chi connectivity index (χ1n) is 6.93. The molecule has 0 atom stereocenters. The maximum absolute atomic E-state index is 11.3. The third-order valence-corrected chi connectivity index (χ3v) is 3.11. The number of carbonyl (C=O) groups excluding carboxylic acids is 1. The fourth-order valence-electron chi connectivity index (χ4n) is 1.91. The van der Waals surface area contributed by atoms with Crippen molar-refractivity contribution in [3.8, 4) is 11.6 Å². The lowest BCUT2D eigenvalue weighted by molar-refractivity contribution is 0.101. The molecule has 1 aromatic heterocycles. The Morgan fingerprint density at radius 2 is 1.95 bits per heavy atom. The first-order chi connectivity index (χ1) is 9.69. The van der Waals surface area contributed by atoms with Crippen LogP contribution in [0.25, 0.3) is 0 Å². The van der Waals surface area contributed by atoms with Gasteiger partial charge in [0.15, 0.2) is 5.78 Å². The monoisotopic (exact) mass is 269 g/mol. The molecule has 0 spiro atoms. The van der Waals surface area contributed by atoms with Gasteiger partial charge in [-0.15, -0.1) is 0 Å². The second kappa shape index (κ2) is 6.85. The highest BCUT2D eigenvalue weighted by molar-refractivity contribution is 5.94. The first-order valence-corrected chi connectivity index (χ1v) is 6.93. The molecule has 0 saturated heterocycles. The van der Waals surface area contributed by atoms with Crippen molar-refractivity contribution in [1.29, 1.82) is 0 Å². The number of Topliss-reactive ketones (excluding diaryl/α,β-unsaturated/α-hetero) is 1. The van der Waals surface area contributed by atoms with Gasteiger partial charge in [0.1, 0.15) is 5.75 Å². The number of rotatable bonds is 6. The fraction of sp³-hybridized carbons (Fsp3) is 0.294. The van der Waals surface area contributed by atoms with Crippen molar-refractivity contribution < 1.29 is 9.53 Å². The summed E-state index contributed by atoms with van der Waals surface area (Å²) in [6, 6.07) is 11.4. The Hall–Kier alpha value is -2.16. The third kappa shape index (κ3) is 3.92. The number of nitrogens with zero attached hydrogens (tertiary/aromatic N) is 1. The highest BCUT2D eigenvalue weighted by atomic mass is 16.5. The van der Waals surface area contributed by atoms with Gasteiger partial charge < -0.3 is 4.74 Å². The molecule has 1 aromatic carbocycles. The number of pyridine rings is 1. The molecule has 0 radical (unpaired) electrons. The Labute approximate surface area is 119 Å². The summed E-state index contributed by atoms with van der Waals surface area (Å²) in [4.78, 5) is 15.4. The summed E-state index contributed by atoms with van der Waals surface area (Å²) in [6.45, 7) is 3.72. The molecular formula is C17H19NO2. The van der Waals surface area contributed by atoms with E-state index in [-0.39, 0.29) is 5.78 Å². The number of carbonyl (C=O) groups is 1. The Kier molecular flexibility index (Phi) is 4.88. The second-order valence-corrected chi connectivity index (χ2v) is 4.79. The van der Waals surface area contributed by atoms with Crippen LogP contribution < -0.4 is 4.74 Å². The average molecular weight is 269 g/mol. The van der Waals surface area contributed by atoms with Crippen molar-refractivity contribution in [3.63, 3.8) is 0 Å². The quantitative estimate of drug-likeness (QED) is 0.729. The highest BCUT2D eigenvalue weighted by Crippen LogP contribution is 2.21. The number of benzene rings is 1. The van der Waals surface area contributed by atoms with Gasteiger partial charge in [-0.25, -0.2) is 4.98 Å². The predicted molar refractivity (Wildman–Crippen MR) is 79.4 cm³/mol.